The number of nitrogen functional groups attached to an aromatic ring is 1. The van der Waals surface area contributed by atoms with Gasteiger partial charge in [-0.1, -0.05) is 23.8 Å². The van der Waals surface area contributed by atoms with Crippen molar-refractivity contribution in [1.29, 1.82) is 0 Å². The van der Waals surface area contributed by atoms with Crippen molar-refractivity contribution < 1.29 is 4.79 Å². The number of amides is 1. The van der Waals surface area contributed by atoms with Gasteiger partial charge in [0.15, 0.2) is 0 Å². The summed E-state index contributed by atoms with van der Waals surface area (Å²) in [6, 6.07) is 1.51. The van der Waals surface area contributed by atoms with E-state index in [1.165, 1.54) is 12.3 Å². The number of hydrogen-bond donors (Lipinski definition) is 1. The molecule has 0 aliphatic heterocycles. The predicted octanol–water partition coefficient (Wildman–Crippen LogP) is 2.13. The van der Waals surface area contributed by atoms with Crippen LogP contribution < -0.4 is 5.73 Å². The Labute approximate surface area is 105 Å². The van der Waals surface area contributed by atoms with E-state index in [0.29, 0.717) is 18.8 Å². The fourth-order valence-corrected chi connectivity index (χ4v) is 1.52. The van der Waals surface area contributed by atoms with Crippen LogP contribution in [0.15, 0.2) is 37.6 Å². The first-order valence-electron chi connectivity index (χ1n) is 5.02. The molecule has 1 amide bonds. The Kier molecular flexibility index (Phi) is 4.72. The lowest BCUT2D eigenvalue weighted by atomic mass is 10.2. The van der Waals surface area contributed by atoms with E-state index in [-0.39, 0.29) is 16.6 Å². The van der Waals surface area contributed by atoms with Gasteiger partial charge in [-0.25, -0.2) is 4.98 Å². The molecular weight excluding hydrogens is 238 g/mol. The summed E-state index contributed by atoms with van der Waals surface area (Å²) in [6.07, 6.45) is 4.68. The average Bonchev–Trinajstić information content (AvgIpc) is 2.31. The second-order valence-electron chi connectivity index (χ2n) is 3.39. The van der Waals surface area contributed by atoms with E-state index in [1.54, 1.807) is 17.1 Å². The number of nitrogens with zero attached hydrogens (tertiary/aromatic N) is 2. The van der Waals surface area contributed by atoms with Gasteiger partial charge in [-0.05, 0) is 6.07 Å². The first-order valence-corrected chi connectivity index (χ1v) is 5.40. The minimum Gasteiger partial charge on any atom is -0.397 e. The molecule has 5 heteroatoms. The van der Waals surface area contributed by atoms with Gasteiger partial charge in [-0.2, -0.15) is 0 Å². The van der Waals surface area contributed by atoms with Crippen LogP contribution in [0.25, 0.3) is 0 Å². The third-order valence-electron chi connectivity index (χ3n) is 2.08. The van der Waals surface area contributed by atoms with Crippen LogP contribution in [0.5, 0.6) is 0 Å². The highest BCUT2D eigenvalue weighted by Crippen LogP contribution is 2.17. The molecule has 0 unspecified atom stereocenters. The average molecular weight is 252 g/mol. The van der Waals surface area contributed by atoms with Gasteiger partial charge >= 0.3 is 0 Å². The van der Waals surface area contributed by atoms with Crippen molar-refractivity contribution >= 4 is 23.2 Å². The summed E-state index contributed by atoms with van der Waals surface area (Å²) >= 11 is 5.87. The number of carbonyl (C=O) groups is 1. The van der Waals surface area contributed by atoms with Gasteiger partial charge in [0.05, 0.1) is 17.4 Å². The Bertz CT molecular complexity index is 435. The molecule has 0 spiro atoms. The number of nitrogens with two attached hydrogens (primary N) is 1. The van der Waals surface area contributed by atoms with Crippen molar-refractivity contribution in [3.8, 4) is 0 Å². The number of carbonyl (C=O) groups excluding carboxylic acids is 1. The summed E-state index contributed by atoms with van der Waals surface area (Å²) in [6.45, 7) is 8.02. The highest BCUT2D eigenvalue weighted by Gasteiger charge is 2.17. The second-order valence-corrected chi connectivity index (χ2v) is 3.75. The smallest absolute Gasteiger partial charge is 0.257 e. The molecule has 0 bridgehead atoms. The van der Waals surface area contributed by atoms with Crippen molar-refractivity contribution in [1.82, 2.24) is 9.88 Å². The van der Waals surface area contributed by atoms with Gasteiger partial charge in [0.25, 0.3) is 5.91 Å². The fraction of sp³-hybridized carbons (Fsp3) is 0.167. The van der Waals surface area contributed by atoms with Crippen LogP contribution in [0.4, 0.5) is 5.69 Å². The van der Waals surface area contributed by atoms with Crippen LogP contribution >= 0.6 is 11.6 Å². The molecule has 17 heavy (non-hydrogen) atoms. The van der Waals surface area contributed by atoms with Gasteiger partial charge in [0.1, 0.15) is 5.15 Å². The summed E-state index contributed by atoms with van der Waals surface area (Å²) in [4.78, 5) is 17.5. The summed E-state index contributed by atoms with van der Waals surface area (Å²) < 4.78 is 0. The summed E-state index contributed by atoms with van der Waals surface area (Å²) in [5.74, 6) is -0.241. The van der Waals surface area contributed by atoms with Crippen LogP contribution in [0.3, 0.4) is 0 Å². The molecule has 0 aliphatic rings. The van der Waals surface area contributed by atoms with E-state index in [9.17, 15) is 4.79 Å². The molecule has 4 nitrogen and oxygen atoms in total. The quantitative estimate of drug-likeness (QED) is 0.644. The zero-order chi connectivity index (χ0) is 12.8. The van der Waals surface area contributed by atoms with Gasteiger partial charge in [0, 0.05) is 13.1 Å². The Balaban J connectivity index is 3.03. The highest BCUT2D eigenvalue weighted by atomic mass is 35.5. The van der Waals surface area contributed by atoms with Gasteiger partial charge in [-0.15, -0.1) is 13.2 Å². The minimum atomic E-state index is -0.241. The summed E-state index contributed by atoms with van der Waals surface area (Å²) in [5.41, 5.74) is 6.27. The largest absolute Gasteiger partial charge is 0.397 e. The van der Waals surface area contributed by atoms with E-state index in [4.69, 9.17) is 17.3 Å². The number of hydrogen-bond acceptors (Lipinski definition) is 3. The van der Waals surface area contributed by atoms with Crippen molar-refractivity contribution in [3.63, 3.8) is 0 Å². The van der Waals surface area contributed by atoms with E-state index >= 15 is 0 Å². The molecule has 0 saturated heterocycles. The zero-order valence-corrected chi connectivity index (χ0v) is 10.2. The third kappa shape index (κ3) is 3.32. The lowest BCUT2D eigenvalue weighted by Crippen LogP contribution is -2.31. The Morgan fingerprint density at radius 2 is 2.06 bits per heavy atom. The predicted molar refractivity (Wildman–Crippen MR) is 70.0 cm³/mol. The van der Waals surface area contributed by atoms with Crippen LogP contribution in [0.1, 0.15) is 10.4 Å². The number of anilines is 1. The molecular formula is C12H14ClN3O. The van der Waals surface area contributed by atoms with Crippen molar-refractivity contribution in [2.45, 2.75) is 0 Å². The Morgan fingerprint density at radius 3 is 2.59 bits per heavy atom. The third-order valence-corrected chi connectivity index (χ3v) is 2.38. The van der Waals surface area contributed by atoms with Crippen molar-refractivity contribution in [2.75, 3.05) is 18.8 Å². The first-order chi connectivity index (χ1) is 8.10. The lowest BCUT2D eigenvalue weighted by molar-refractivity contribution is 0.0790. The molecule has 0 atom stereocenters. The molecule has 0 aliphatic carbocycles. The molecule has 1 aromatic heterocycles. The summed E-state index contributed by atoms with van der Waals surface area (Å²) in [5, 5.41) is 0.141. The Morgan fingerprint density at radius 1 is 1.47 bits per heavy atom. The van der Waals surface area contributed by atoms with E-state index in [1.807, 2.05) is 0 Å². The van der Waals surface area contributed by atoms with Crippen LogP contribution in [-0.2, 0) is 0 Å². The van der Waals surface area contributed by atoms with E-state index in [2.05, 4.69) is 18.1 Å². The maximum atomic E-state index is 12.1. The van der Waals surface area contributed by atoms with E-state index in [0.717, 1.165) is 0 Å². The first kappa shape index (κ1) is 13.3. The zero-order valence-electron chi connectivity index (χ0n) is 9.40. The maximum absolute atomic E-state index is 12.1. The molecule has 0 radical (unpaired) electrons. The van der Waals surface area contributed by atoms with Crippen LogP contribution in [0.2, 0.25) is 5.15 Å². The number of rotatable bonds is 5. The molecule has 0 fully saturated rings. The van der Waals surface area contributed by atoms with E-state index < -0.39 is 0 Å². The van der Waals surface area contributed by atoms with Crippen LogP contribution in [0, 0.1) is 0 Å². The highest BCUT2D eigenvalue weighted by molar-refractivity contribution is 6.32. The molecule has 1 heterocycles. The standard InChI is InChI=1S/C12H14ClN3O/c1-3-5-16(6-4-2)12(17)10-7-9(14)8-15-11(10)13/h3-4,7-8H,1-2,5-6,14H2. The molecule has 90 valence electrons. The van der Waals surface area contributed by atoms with Crippen molar-refractivity contribution in [3.05, 3.63) is 48.3 Å². The molecule has 1 rings (SSSR count). The van der Waals surface area contributed by atoms with Crippen molar-refractivity contribution in [2.24, 2.45) is 0 Å². The normalized spacial score (nSPS) is 9.71. The van der Waals surface area contributed by atoms with Crippen LogP contribution in [-0.4, -0.2) is 28.9 Å². The maximum Gasteiger partial charge on any atom is 0.257 e. The molecule has 0 aromatic carbocycles. The topological polar surface area (TPSA) is 59.2 Å². The minimum absolute atomic E-state index is 0.141. The van der Waals surface area contributed by atoms with Gasteiger partial charge < -0.3 is 10.6 Å². The summed E-state index contributed by atoms with van der Waals surface area (Å²) in [7, 11) is 0. The molecule has 1 aromatic rings. The van der Waals surface area contributed by atoms with Gasteiger partial charge in [-0.3, -0.25) is 4.79 Å². The number of halogens is 1. The fourth-order valence-electron chi connectivity index (χ4n) is 1.34. The van der Waals surface area contributed by atoms with Gasteiger partial charge in [0.2, 0.25) is 0 Å². The SMILES string of the molecule is C=CCN(CC=C)C(=O)c1cc(N)cnc1Cl. The number of pyridine rings is 1. The second kappa shape index (κ2) is 6.06. The Hall–Kier alpha value is -1.81. The monoisotopic (exact) mass is 251 g/mol. The number of aromatic nitrogens is 1. The molecule has 2 N–H and O–H groups in total. The lowest BCUT2D eigenvalue weighted by Gasteiger charge is -2.19. The molecule has 0 saturated carbocycles.